The first-order valence-corrected chi connectivity index (χ1v) is 12.1. The topological polar surface area (TPSA) is 104 Å². The van der Waals surface area contributed by atoms with E-state index in [2.05, 4.69) is 4.98 Å². The molecule has 0 atom stereocenters. The van der Waals surface area contributed by atoms with E-state index in [4.69, 9.17) is 25.8 Å². The van der Waals surface area contributed by atoms with Gasteiger partial charge < -0.3 is 14.2 Å². The van der Waals surface area contributed by atoms with Gasteiger partial charge in [0, 0.05) is 31.0 Å². The lowest BCUT2D eigenvalue weighted by atomic mass is 10.1. The van der Waals surface area contributed by atoms with Crippen molar-refractivity contribution in [2.45, 2.75) is 26.2 Å². The largest absolute Gasteiger partial charge is 0.491 e. The standard InChI is InChI=1S/C22H27ClN2O6S/c1-3-4-5-15-32(27,28)25-21(26)11-9-17-8-10-18(30-14-13-29-2)16-20(17)31-22-19(23)7-6-12-24-22/h6-12,16H,3-5,13-15H2,1-2H3,(H,25,26)/b11-9+. The molecule has 0 saturated carbocycles. The Kier molecular flexibility index (Phi) is 10.5. The number of sulfonamides is 1. The molecule has 1 heterocycles. The SMILES string of the molecule is CCCCCS(=O)(=O)NC(=O)/C=C/c1ccc(OCCOC)cc1Oc1ncccc1Cl. The molecular weight excluding hydrogens is 456 g/mol. The predicted molar refractivity (Wildman–Crippen MR) is 124 cm³/mol. The van der Waals surface area contributed by atoms with Crippen LogP contribution in [0.25, 0.3) is 6.08 Å². The zero-order chi connectivity index (χ0) is 23.4. The Balaban J connectivity index is 2.19. The fraction of sp³-hybridized carbons (Fsp3) is 0.364. The number of halogens is 1. The third kappa shape index (κ3) is 8.86. The van der Waals surface area contributed by atoms with E-state index in [0.29, 0.717) is 41.7 Å². The van der Waals surface area contributed by atoms with Crippen LogP contribution in [0.1, 0.15) is 31.7 Å². The van der Waals surface area contributed by atoms with Gasteiger partial charge in [-0.05, 0) is 36.8 Å². The summed E-state index contributed by atoms with van der Waals surface area (Å²) in [5.41, 5.74) is 0.504. The van der Waals surface area contributed by atoms with Gasteiger partial charge in [0.25, 0.3) is 5.91 Å². The van der Waals surface area contributed by atoms with Crippen molar-refractivity contribution in [3.63, 3.8) is 0 Å². The van der Waals surface area contributed by atoms with Gasteiger partial charge >= 0.3 is 0 Å². The Labute approximate surface area is 193 Å². The average molecular weight is 483 g/mol. The van der Waals surface area contributed by atoms with E-state index >= 15 is 0 Å². The first-order chi connectivity index (χ1) is 15.3. The minimum absolute atomic E-state index is 0.0968. The lowest BCUT2D eigenvalue weighted by Gasteiger charge is -2.12. The van der Waals surface area contributed by atoms with Gasteiger partial charge in [-0.2, -0.15) is 0 Å². The Morgan fingerprint density at radius 1 is 1.22 bits per heavy atom. The summed E-state index contributed by atoms with van der Waals surface area (Å²) in [6.07, 6.45) is 6.27. The predicted octanol–water partition coefficient (Wildman–Crippen LogP) is 4.20. The number of unbranched alkanes of at least 4 members (excludes halogenated alkanes) is 2. The number of rotatable bonds is 13. The quantitative estimate of drug-likeness (QED) is 0.337. The number of pyridine rings is 1. The third-order valence-electron chi connectivity index (χ3n) is 4.16. The summed E-state index contributed by atoms with van der Waals surface area (Å²) in [6, 6.07) is 8.30. The molecule has 10 heteroatoms. The van der Waals surface area contributed by atoms with Crippen molar-refractivity contribution >= 4 is 33.6 Å². The summed E-state index contributed by atoms with van der Waals surface area (Å²) >= 11 is 6.14. The van der Waals surface area contributed by atoms with Crippen LogP contribution in [0, 0.1) is 0 Å². The minimum Gasteiger partial charge on any atom is -0.491 e. The van der Waals surface area contributed by atoms with E-state index in [1.54, 1.807) is 37.4 Å². The number of amides is 1. The molecule has 0 saturated heterocycles. The van der Waals surface area contributed by atoms with Crippen molar-refractivity contribution in [1.82, 2.24) is 9.71 Å². The number of aromatic nitrogens is 1. The third-order valence-corrected chi connectivity index (χ3v) is 5.79. The number of methoxy groups -OCH3 is 1. The molecule has 8 nitrogen and oxygen atoms in total. The van der Waals surface area contributed by atoms with E-state index < -0.39 is 15.9 Å². The van der Waals surface area contributed by atoms with Gasteiger partial charge in [0.1, 0.15) is 23.1 Å². The molecule has 0 unspecified atom stereocenters. The molecule has 0 aliphatic carbocycles. The summed E-state index contributed by atoms with van der Waals surface area (Å²) < 4.78 is 42.5. The minimum atomic E-state index is -3.68. The van der Waals surface area contributed by atoms with Gasteiger partial charge in [-0.3, -0.25) is 4.79 Å². The van der Waals surface area contributed by atoms with Crippen LogP contribution >= 0.6 is 11.6 Å². The Hall–Kier alpha value is -2.62. The number of ether oxygens (including phenoxy) is 3. The second kappa shape index (κ2) is 13.0. The highest BCUT2D eigenvalue weighted by Gasteiger charge is 2.13. The van der Waals surface area contributed by atoms with Crippen LogP contribution in [-0.4, -0.2) is 45.4 Å². The molecule has 0 fully saturated rings. The molecule has 2 rings (SSSR count). The van der Waals surface area contributed by atoms with Gasteiger partial charge in [-0.25, -0.2) is 18.1 Å². The molecule has 1 aromatic carbocycles. The van der Waals surface area contributed by atoms with Crippen LogP contribution in [0.15, 0.2) is 42.6 Å². The zero-order valence-corrected chi connectivity index (χ0v) is 19.6. The van der Waals surface area contributed by atoms with Gasteiger partial charge in [0.15, 0.2) is 0 Å². The number of hydrogen-bond acceptors (Lipinski definition) is 7. The second-order valence-electron chi connectivity index (χ2n) is 6.76. The first kappa shape index (κ1) is 25.6. The van der Waals surface area contributed by atoms with E-state index in [-0.39, 0.29) is 11.6 Å². The highest BCUT2D eigenvalue weighted by Crippen LogP contribution is 2.32. The average Bonchev–Trinajstić information content (AvgIpc) is 2.75. The number of carbonyl (C=O) groups is 1. The van der Waals surface area contributed by atoms with Crippen molar-refractivity contribution in [2.75, 3.05) is 26.1 Å². The molecule has 0 aliphatic rings. The summed E-state index contributed by atoms with van der Waals surface area (Å²) in [4.78, 5) is 16.2. The fourth-order valence-electron chi connectivity index (χ4n) is 2.57. The van der Waals surface area contributed by atoms with Crippen LogP contribution < -0.4 is 14.2 Å². The van der Waals surface area contributed by atoms with E-state index in [9.17, 15) is 13.2 Å². The van der Waals surface area contributed by atoms with Crippen LogP contribution in [0.3, 0.4) is 0 Å². The molecule has 0 aliphatic heterocycles. The van der Waals surface area contributed by atoms with Gasteiger partial charge in [-0.15, -0.1) is 0 Å². The molecule has 1 N–H and O–H groups in total. The number of carbonyl (C=O) groups excluding carboxylic acids is 1. The molecule has 2 aromatic rings. The van der Waals surface area contributed by atoms with Crippen molar-refractivity contribution in [2.24, 2.45) is 0 Å². The summed E-state index contributed by atoms with van der Waals surface area (Å²) in [5.74, 6) is 0.185. The highest BCUT2D eigenvalue weighted by atomic mass is 35.5. The monoisotopic (exact) mass is 482 g/mol. The van der Waals surface area contributed by atoms with Crippen molar-refractivity contribution in [3.05, 3.63) is 53.2 Å². The lowest BCUT2D eigenvalue weighted by Crippen LogP contribution is -2.31. The molecular formula is C22H27ClN2O6S. The zero-order valence-electron chi connectivity index (χ0n) is 18.0. The van der Waals surface area contributed by atoms with Gasteiger partial charge in [0.2, 0.25) is 15.9 Å². The summed E-state index contributed by atoms with van der Waals surface area (Å²) in [6.45, 7) is 2.73. The van der Waals surface area contributed by atoms with Crippen LogP contribution in [0.5, 0.6) is 17.4 Å². The Bertz CT molecular complexity index is 1030. The Morgan fingerprint density at radius 2 is 2.03 bits per heavy atom. The number of nitrogens with one attached hydrogen (secondary N) is 1. The van der Waals surface area contributed by atoms with E-state index in [1.807, 2.05) is 11.6 Å². The van der Waals surface area contributed by atoms with E-state index in [0.717, 1.165) is 18.9 Å². The fourth-order valence-corrected chi connectivity index (χ4v) is 3.79. The second-order valence-corrected chi connectivity index (χ2v) is 9.01. The normalized spacial score (nSPS) is 11.5. The first-order valence-electron chi connectivity index (χ1n) is 10.1. The maximum Gasteiger partial charge on any atom is 0.257 e. The molecule has 0 spiro atoms. The molecule has 0 bridgehead atoms. The van der Waals surface area contributed by atoms with Gasteiger partial charge in [0.05, 0.1) is 12.4 Å². The Morgan fingerprint density at radius 3 is 2.75 bits per heavy atom. The van der Waals surface area contributed by atoms with Crippen LogP contribution in [0.4, 0.5) is 0 Å². The van der Waals surface area contributed by atoms with Crippen molar-refractivity contribution in [1.29, 1.82) is 0 Å². The number of hydrogen-bond donors (Lipinski definition) is 1. The number of nitrogens with zero attached hydrogens (tertiary/aromatic N) is 1. The molecule has 174 valence electrons. The van der Waals surface area contributed by atoms with Crippen LogP contribution in [0.2, 0.25) is 5.02 Å². The van der Waals surface area contributed by atoms with Crippen molar-refractivity contribution < 1.29 is 27.4 Å². The molecule has 1 aromatic heterocycles. The molecule has 32 heavy (non-hydrogen) atoms. The summed E-state index contributed by atoms with van der Waals surface area (Å²) in [7, 11) is -2.11. The van der Waals surface area contributed by atoms with Crippen molar-refractivity contribution in [3.8, 4) is 17.4 Å². The van der Waals surface area contributed by atoms with Crippen LogP contribution in [-0.2, 0) is 19.6 Å². The lowest BCUT2D eigenvalue weighted by molar-refractivity contribution is -0.114. The highest BCUT2D eigenvalue weighted by molar-refractivity contribution is 7.90. The maximum atomic E-state index is 12.1. The summed E-state index contributed by atoms with van der Waals surface area (Å²) in [5, 5.41) is 0.309. The molecule has 1 amide bonds. The maximum absolute atomic E-state index is 12.1. The number of benzene rings is 1. The van der Waals surface area contributed by atoms with E-state index in [1.165, 1.54) is 12.3 Å². The molecule has 0 radical (unpaired) electrons. The smallest absolute Gasteiger partial charge is 0.257 e. The van der Waals surface area contributed by atoms with Gasteiger partial charge in [-0.1, -0.05) is 31.4 Å².